The van der Waals surface area contributed by atoms with Crippen LogP contribution in [-0.2, 0) is 9.53 Å². The lowest BCUT2D eigenvalue weighted by Crippen LogP contribution is -2.43. The molecule has 1 amide bonds. The van der Waals surface area contributed by atoms with Gasteiger partial charge in [0.25, 0.3) is 0 Å². The maximum atomic E-state index is 12.4. The highest BCUT2D eigenvalue weighted by atomic mass is 16.5. The van der Waals surface area contributed by atoms with Crippen LogP contribution in [0.3, 0.4) is 0 Å². The van der Waals surface area contributed by atoms with Crippen LogP contribution in [0.25, 0.3) is 0 Å². The van der Waals surface area contributed by atoms with Crippen LogP contribution >= 0.6 is 0 Å². The van der Waals surface area contributed by atoms with Gasteiger partial charge in [-0.05, 0) is 26.0 Å². The van der Waals surface area contributed by atoms with Crippen molar-refractivity contribution >= 4 is 5.91 Å². The second-order valence-corrected chi connectivity index (χ2v) is 5.42. The lowest BCUT2D eigenvalue weighted by atomic mass is 9.99. The van der Waals surface area contributed by atoms with Crippen LogP contribution < -0.4 is 10.6 Å². The van der Waals surface area contributed by atoms with E-state index in [9.17, 15) is 4.79 Å². The van der Waals surface area contributed by atoms with Gasteiger partial charge in [0.1, 0.15) is 0 Å². The smallest absolute Gasteiger partial charge is 0.227 e. The third-order valence-electron chi connectivity index (χ3n) is 3.99. The number of carbonyl (C=O) groups is 1. The summed E-state index contributed by atoms with van der Waals surface area (Å²) in [6.07, 6.45) is 0.882. The largest absolute Gasteiger partial charge is 0.379 e. The highest BCUT2D eigenvalue weighted by molar-refractivity contribution is 5.80. The number of rotatable bonds is 5. The molecule has 1 heterocycles. The second kappa shape index (κ2) is 6.86. The van der Waals surface area contributed by atoms with Crippen LogP contribution in [-0.4, -0.2) is 32.2 Å². The number of amides is 1. The monoisotopic (exact) mass is 276 g/mol. The van der Waals surface area contributed by atoms with Crippen molar-refractivity contribution in [3.05, 3.63) is 35.4 Å². The highest BCUT2D eigenvalue weighted by Gasteiger charge is 2.33. The molecule has 0 radical (unpaired) electrons. The molecule has 0 aromatic heterocycles. The Morgan fingerprint density at radius 1 is 1.35 bits per heavy atom. The summed E-state index contributed by atoms with van der Waals surface area (Å²) >= 11 is 0. The molecule has 0 aliphatic carbocycles. The molecule has 1 aliphatic heterocycles. The summed E-state index contributed by atoms with van der Waals surface area (Å²) in [5.74, 6) is -0.0197. The van der Waals surface area contributed by atoms with Crippen LogP contribution in [0.15, 0.2) is 24.3 Å². The maximum absolute atomic E-state index is 12.4. The van der Waals surface area contributed by atoms with E-state index in [2.05, 4.69) is 48.7 Å². The summed E-state index contributed by atoms with van der Waals surface area (Å²) in [6.45, 7) is 5.26. The van der Waals surface area contributed by atoms with Gasteiger partial charge in [0, 0.05) is 6.04 Å². The van der Waals surface area contributed by atoms with Gasteiger partial charge in [-0.15, -0.1) is 0 Å². The SMILES string of the molecule is CCC(NC(=O)C1COCC1NC)c1ccc(C)cc1. The molecule has 3 unspecified atom stereocenters. The van der Waals surface area contributed by atoms with Gasteiger partial charge in [-0.25, -0.2) is 0 Å². The van der Waals surface area contributed by atoms with E-state index in [4.69, 9.17) is 4.74 Å². The zero-order valence-electron chi connectivity index (χ0n) is 12.5. The average molecular weight is 276 g/mol. The topological polar surface area (TPSA) is 50.4 Å². The molecule has 1 fully saturated rings. The predicted molar refractivity (Wildman–Crippen MR) is 79.5 cm³/mol. The number of carbonyl (C=O) groups excluding carboxylic acids is 1. The number of likely N-dealkylation sites (N-methyl/N-ethyl adjacent to an activating group) is 1. The molecular formula is C16H24N2O2. The molecule has 20 heavy (non-hydrogen) atoms. The van der Waals surface area contributed by atoms with Gasteiger partial charge in [0.2, 0.25) is 5.91 Å². The fourth-order valence-corrected chi connectivity index (χ4v) is 2.60. The molecule has 1 saturated heterocycles. The van der Waals surface area contributed by atoms with Crippen molar-refractivity contribution in [3.63, 3.8) is 0 Å². The third kappa shape index (κ3) is 3.38. The third-order valence-corrected chi connectivity index (χ3v) is 3.99. The van der Waals surface area contributed by atoms with Crippen LogP contribution in [0.2, 0.25) is 0 Å². The van der Waals surface area contributed by atoms with Crippen molar-refractivity contribution in [2.45, 2.75) is 32.4 Å². The van der Waals surface area contributed by atoms with E-state index >= 15 is 0 Å². The summed E-state index contributed by atoms with van der Waals surface area (Å²) in [5.41, 5.74) is 2.39. The Hall–Kier alpha value is -1.39. The quantitative estimate of drug-likeness (QED) is 0.862. The summed E-state index contributed by atoms with van der Waals surface area (Å²) in [5, 5.41) is 6.30. The minimum atomic E-state index is -0.0977. The van der Waals surface area contributed by atoms with Crippen molar-refractivity contribution in [1.29, 1.82) is 0 Å². The highest BCUT2D eigenvalue weighted by Crippen LogP contribution is 2.20. The Morgan fingerprint density at radius 3 is 2.65 bits per heavy atom. The Kier molecular flexibility index (Phi) is 5.15. The molecular weight excluding hydrogens is 252 g/mol. The molecule has 0 saturated carbocycles. The number of nitrogens with one attached hydrogen (secondary N) is 2. The first-order chi connectivity index (χ1) is 9.65. The number of hydrogen-bond acceptors (Lipinski definition) is 3. The summed E-state index contributed by atoms with van der Waals surface area (Å²) in [6, 6.07) is 8.53. The van der Waals surface area contributed by atoms with E-state index in [0.29, 0.717) is 13.2 Å². The van der Waals surface area contributed by atoms with Gasteiger partial charge in [-0.1, -0.05) is 36.8 Å². The van der Waals surface area contributed by atoms with E-state index in [1.165, 1.54) is 5.56 Å². The van der Waals surface area contributed by atoms with Crippen LogP contribution in [0.4, 0.5) is 0 Å². The first-order valence-electron chi connectivity index (χ1n) is 7.27. The number of ether oxygens (including phenoxy) is 1. The lowest BCUT2D eigenvalue weighted by Gasteiger charge is -2.22. The minimum absolute atomic E-state index is 0.0706. The second-order valence-electron chi connectivity index (χ2n) is 5.42. The molecule has 4 nitrogen and oxygen atoms in total. The Labute approximate surface area is 120 Å². The van der Waals surface area contributed by atoms with E-state index in [0.717, 1.165) is 12.0 Å². The molecule has 110 valence electrons. The van der Waals surface area contributed by atoms with E-state index < -0.39 is 0 Å². The lowest BCUT2D eigenvalue weighted by molar-refractivity contribution is -0.126. The van der Waals surface area contributed by atoms with E-state index in [-0.39, 0.29) is 23.9 Å². The Bertz CT molecular complexity index is 444. The van der Waals surface area contributed by atoms with Gasteiger partial charge in [0.15, 0.2) is 0 Å². The van der Waals surface area contributed by atoms with Crippen molar-refractivity contribution < 1.29 is 9.53 Å². The van der Waals surface area contributed by atoms with Crippen LogP contribution in [0.1, 0.15) is 30.5 Å². The van der Waals surface area contributed by atoms with Gasteiger partial charge >= 0.3 is 0 Å². The minimum Gasteiger partial charge on any atom is -0.379 e. The van der Waals surface area contributed by atoms with Crippen molar-refractivity contribution in [2.24, 2.45) is 5.92 Å². The first kappa shape index (κ1) is 15.0. The number of hydrogen-bond donors (Lipinski definition) is 2. The van der Waals surface area contributed by atoms with Gasteiger partial charge in [0.05, 0.1) is 25.2 Å². The molecule has 3 atom stereocenters. The first-order valence-corrected chi connectivity index (χ1v) is 7.27. The molecule has 4 heteroatoms. The summed E-state index contributed by atoms with van der Waals surface area (Å²) < 4.78 is 5.40. The Morgan fingerprint density at radius 2 is 2.05 bits per heavy atom. The van der Waals surface area contributed by atoms with Crippen LogP contribution in [0.5, 0.6) is 0 Å². The fraction of sp³-hybridized carbons (Fsp3) is 0.562. The molecule has 0 bridgehead atoms. The standard InChI is InChI=1S/C16H24N2O2/c1-4-14(12-7-5-11(2)6-8-12)18-16(19)13-9-20-10-15(13)17-3/h5-8,13-15,17H,4,9-10H2,1-3H3,(H,18,19). The fourth-order valence-electron chi connectivity index (χ4n) is 2.60. The van der Waals surface area contributed by atoms with Crippen molar-refractivity contribution in [3.8, 4) is 0 Å². The zero-order chi connectivity index (χ0) is 14.5. The molecule has 2 rings (SSSR count). The molecule has 0 spiro atoms. The molecule has 1 aromatic rings. The normalized spacial score (nSPS) is 23.6. The van der Waals surface area contributed by atoms with Crippen LogP contribution in [0, 0.1) is 12.8 Å². The van der Waals surface area contributed by atoms with Crippen molar-refractivity contribution in [2.75, 3.05) is 20.3 Å². The summed E-state index contributed by atoms with van der Waals surface area (Å²) in [7, 11) is 1.87. The van der Waals surface area contributed by atoms with Gasteiger partial charge < -0.3 is 15.4 Å². The summed E-state index contributed by atoms with van der Waals surface area (Å²) in [4.78, 5) is 12.4. The molecule has 2 N–H and O–H groups in total. The number of benzene rings is 1. The van der Waals surface area contributed by atoms with Crippen molar-refractivity contribution in [1.82, 2.24) is 10.6 Å². The average Bonchev–Trinajstić information content (AvgIpc) is 2.94. The predicted octanol–water partition coefficient (Wildman–Crippen LogP) is 1.80. The van der Waals surface area contributed by atoms with E-state index in [1.54, 1.807) is 0 Å². The number of aryl methyl sites for hydroxylation is 1. The molecule has 1 aromatic carbocycles. The van der Waals surface area contributed by atoms with E-state index in [1.807, 2.05) is 7.05 Å². The zero-order valence-corrected chi connectivity index (χ0v) is 12.5. The maximum Gasteiger partial charge on any atom is 0.227 e. The van der Waals surface area contributed by atoms with Gasteiger partial charge in [-0.2, -0.15) is 0 Å². The molecule has 1 aliphatic rings. The Balaban J connectivity index is 2.02. The van der Waals surface area contributed by atoms with Gasteiger partial charge in [-0.3, -0.25) is 4.79 Å².